The van der Waals surface area contributed by atoms with Crippen molar-refractivity contribution in [1.82, 2.24) is 20.2 Å². The largest absolute Gasteiger partial charge is 0.508 e. The van der Waals surface area contributed by atoms with Crippen molar-refractivity contribution in [1.29, 1.82) is 0 Å². The number of likely N-dealkylation sites (tertiary alicyclic amines) is 1. The Morgan fingerprint density at radius 1 is 0.974 bits per heavy atom. The van der Waals surface area contributed by atoms with Gasteiger partial charge in [-0.3, -0.25) is 14.6 Å². The first-order valence-electron chi connectivity index (χ1n) is 13.0. The third kappa shape index (κ3) is 5.78. The summed E-state index contributed by atoms with van der Waals surface area (Å²) >= 11 is 0. The van der Waals surface area contributed by atoms with Gasteiger partial charge in [-0.2, -0.15) is 0 Å². The van der Waals surface area contributed by atoms with Gasteiger partial charge in [-0.25, -0.2) is 14.2 Å². The molecule has 2 aliphatic rings. The van der Waals surface area contributed by atoms with E-state index in [1.165, 1.54) is 12.1 Å². The molecule has 8 nitrogen and oxygen atoms in total. The molecule has 0 radical (unpaired) electrons. The third-order valence-corrected chi connectivity index (χ3v) is 7.47. The minimum Gasteiger partial charge on any atom is -0.508 e. The van der Waals surface area contributed by atoms with Crippen LogP contribution in [0.3, 0.4) is 0 Å². The molecule has 0 spiro atoms. The molecular weight excluding hydrogens is 499 g/mol. The number of urea groups is 1. The molecule has 3 aromatic rings. The van der Waals surface area contributed by atoms with Crippen molar-refractivity contribution in [3.8, 4) is 5.75 Å². The third-order valence-electron chi connectivity index (χ3n) is 7.47. The number of Topliss-reactive ketones (excluding diaryl/α,β-unsaturated/α-hetero) is 1. The van der Waals surface area contributed by atoms with Crippen molar-refractivity contribution >= 4 is 17.7 Å². The van der Waals surface area contributed by atoms with Crippen molar-refractivity contribution < 1.29 is 23.9 Å². The number of carbonyl (C=O) groups is 3. The minimum atomic E-state index is -0.715. The molecule has 0 aromatic heterocycles. The number of halogens is 1. The SMILES string of the molecule is CN1CC(=O)C2C(CN(Cc3cccc(F)c3)C(=O)[C@@H]2Cc2ccc(O)cc2)N1C(=O)NCc1ccccc1. The van der Waals surface area contributed by atoms with Gasteiger partial charge in [-0.05, 0) is 47.4 Å². The van der Waals surface area contributed by atoms with Crippen LogP contribution in [-0.4, -0.2) is 63.9 Å². The van der Waals surface area contributed by atoms with Gasteiger partial charge in [0.05, 0.1) is 24.4 Å². The molecule has 2 heterocycles. The zero-order valence-electron chi connectivity index (χ0n) is 21.7. The van der Waals surface area contributed by atoms with Gasteiger partial charge in [-0.15, -0.1) is 0 Å². The van der Waals surface area contributed by atoms with Crippen molar-refractivity contribution in [2.24, 2.45) is 11.8 Å². The predicted molar refractivity (Wildman–Crippen MR) is 143 cm³/mol. The number of amides is 3. The highest BCUT2D eigenvalue weighted by molar-refractivity contribution is 5.93. The zero-order chi connectivity index (χ0) is 27.5. The molecule has 3 aromatic carbocycles. The number of piperidine rings is 1. The summed E-state index contributed by atoms with van der Waals surface area (Å²) in [5, 5.41) is 15.8. The maximum Gasteiger partial charge on any atom is 0.332 e. The molecule has 3 atom stereocenters. The Morgan fingerprint density at radius 2 is 1.69 bits per heavy atom. The summed E-state index contributed by atoms with van der Waals surface area (Å²) in [5.74, 6) is -2.02. The fraction of sp³-hybridized carbons (Fsp3) is 0.300. The number of fused-ring (bicyclic) bond motifs is 1. The second kappa shape index (κ2) is 11.2. The topological polar surface area (TPSA) is 93.2 Å². The lowest BCUT2D eigenvalue weighted by Gasteiger charge is -2.52. The lowest BCUT2D eigenvalue weighted by atomic mass is 9.74. The van der Waals surface area contributed by atoms with E-state index in [0.717, 1.165) is 11.1 Å². The number of carbonyl (C=O) groups excluding carboxylic acids is 3. The molecule has 0 saturated carbocycles. The first-order chi connectivity index (χ1) is 18.8. The predicted octanol–water partition coefficient (Wildman–Crippen LogP) is 3.36. The lowest BCUT2D eigenvalue weighted by Crippen LogP contribution is -2.70. The molecule has 0 aliphatic carbocycles. The molecule has 2 unspecified atom stereocenters. The Hall–Kier alpha value is -4.24. The molecule has 9 heteroatoms. The molecule has 2 fully saturated rings. The summed E-state index contributed by atoms with van der Waals surface area (Å²) < 4.78 is 13.9. The number of ketones is 1. The molecule has 2 aliphatic heterocycles. The van der Waals surface area contributed by atoms with E-state index >= 15 is 0 Å². The van der Waals surface area contributed by atoms with Gasteiger partial charge >= 0.3 is 6.03 Å². The van der Waals surface area contributed by atoms with E-state index in [4.69, 9.17) is 0 Å². The van der Waals surface area contributed by atoms with Crippen molar-refractivity contribution in [2.45, 2.75) is 25.6 Å². The van der Waals surface area contributed by atoms with Crippen LogP contribution in [0.5, 0.6) is 5.75 Å². The summed E-state index contributed by atoms with van der Waals surface area (Å²) in [4.78, 5) is 42.4. The molecule has 0 bridgehead atoms. The Labute approximate surface area is 226 Å². The molecule has 202 valence electrons. The quantitative estimate of drug-likeness (QED) is 0.510. The van der Waals surface area contributed by atoms with E-state index in [1.54, 1.807) is 58.4 Å². The Kier molecular flexibility index (Phi) is 7.60. The number of hydrogen-bond acceptors (Lipinski definition) is 5. The smallest absolute Gasteiger partial charge is 0.332 e. The van der Waals surface area contributed by atoms with Crippen LogP contribution in [0.4, 0.5) is 9.18 Å². The molecule has 3 amide bonds. The fourth-order valence-corrected chi connectivity index (χ4v) is 5.67. The normalized spacial score (nSPS) is 21.5. The number of rotatable bonds is 6. The van der Waals surface area contributed by atoms with Crippen LogP contribution in [-0.2, 0) is 29.1 Å². The number of hydrogen-bond donors (Lipinski definition) is 2. The number of nitrogens with zero attached hydrogens (tertiary/aromatic N) is 3. The number of hydrazine groups is 1. The van der Waals surface area contributed by atoms with Gasteiger partial charge in [0.2, 0.25) is 5.91 Å². The first kappa shape index (κ1) is 26.4. The standard InChI is InChI=1S/C30H31FN4O4/c1-33-19-27(37)28-25(15-20-10-12-24(36)13-11-20)29(38)34(17-22-8-5-9-23(31)14-22)18-26(28)35(33)30(39)32-16-21-6-3-2-4-7-21/h2-14,25-26,28,36H,15-19H2,1H3,(H,32,39)/t25-,26?,28?/m1/s1. The fourth-order valence-electron chi connectivity index (χ4n) is 5.67. The van der Waals surface area contributed by atoms with E-state index in [0.29, 0.717) is 12.1 Å². The van der Waals surface area contributed by atoms with Crippen LogP contribution in [0.25, 0.3) is 0 Å². The number of nitrogens with one attached hydrogen (secondary N) is 1. The van der Waals surface area contributed by atoms with E-state index < -0.39 is 23.7 Å². The Morgan fingerprint density at radius 3 is 2.41 bits per heavy atom. The number of phenolic OH excluding ortho intramolecular Hbond substituents is 1. The number of likely N-dealkylation sites (N-methyl/N-ethyl adjacent to an activating group) is 1. The van der Waals surface area contributed by atoms with E-state index in [1.807, 2.05) is 30.3 Å². The van der Waals surface area contributed by atoms with Crippen molar-refractivity contribution in [3.05, 3.63) is 101 Å². The average molecular weight is 531 g/mol. The zero-order valence-corrected chi connectivity index (χ0v) is 21.7. The van der Waals surface area contributed by atoms with E-state index in [9.17, 15) is 23.9 Å². The lowest BCUT2D eigenvalue weighted by molar-refractivity contribution is -0.166. The van der Waals surface area contributed by atoms with Crippen LogP contribution in [0.15, 0.2) is 78.9 Å². The van der Waals surface area contributed by atoms with Gasteiger partial charge in [0, 0.05) is 26.7 Å². The minimum absolute atomic E-state index is 0.00315. The summed E-state index contributed by atoms with van der Waals surface area (Å²) in [5.41, 5.74) is 2.36. The number of aromatic hydroxyl groups is 1. The van der Waals surface area contributed by atoms with Crippen molar-refractivity contribution in [2.75, 3.05) is 20.1 Å². The van der Waals surface area contributed by atoms with E-state index in [-0.39, 0.29) is 49.5 Å². The van der Waals surface area contributed by atoms with Crippen LogP contribution in [0.1, 0.15) is 16.7 Å². The van der Waals surface area contributed by atoms with Gasteiger partial charge in [0.1, 0.15) is 11.6 Å². The van der Waals surface area contributed by atoms with Crippen molar-refractivity contribution in [3.63, 3.8) is 0 Å². The molecule has 39 heavy (non-hydrogen) atoms. The van der Waals surface area contributed by atoms with Crippen LogP contribution >= 0.6 is 0 Å². The first-order valence-corrected chi connectivity index (χ1v) is 13.0. The number of benzene rings is 3. The summed E-state index contributed by atoms with van der Waals surface area (Å²) in [6.07, 6.45) is 0.273. The summed E-state index contributed by atoms with van der Waals surface area (Å²) in [7, 11) is 1.69. The second-order valence-corrected chi connectivity index (χ2v) is 10.2. The van der Waals surface area contributed by atoms with Gasteiger partial charge < -0.3 is 15.3 Å². The van der Waals surface area contributed by atoms with Gasteiger partial charge in [0.25, 0.3) is 0 Å². The Bertz CT molecular complexity index is 1350. The molecular formula is C30H31FN4O4. The summed E-state index contributed by atoms with van der Waals surface area (Å²) in [6.45, 7) is 0.617. The average Bonchev–Trinajstić information content (AvgIpc) is 2.91. The maximum absolute atomic E-state index is 13.9. The second-order valence-electron chi connectivity index (χ2n) is 10.2. The highest BCUT2D eigenvalue weighted by atomic mass is 19.1. The molecule has 2 saturated heterocycles. The van der Waals surface area contributed by atoms with Gasteiger partial charge in [-0.1, -0.05) is 54.6 Å². The molecule has 5 rings (SSSR count). The monoisotopic (exact) mass is 530 g/mol. The molecule has 2 N–H and O–H groups in total. The van der Waals surface area contributed by atoms with Crippen LogP contribution in [0.2, 0.25) is 0 Å². The highest BCUT2D eigenvalue weighted by Gasteiger charge is 2.53. The Balaban J connectivity index is 1.46. The number of phenols is 1. The van der Waals surface area contributed by atoms with Crippen LogP contribution < -0.4 is 5.32 Å². The summed E-state index contributed by atoms with van der Waals surface area (Å²) in [6, 6.07) is 21.2. The maximum atomic E-state index is 13.9. The van der Waals surface area contributed by atoms with Gasteiger partial charge in [0.15, 0.2) is 5.78 Å². The van der Waals surface area contributed by atoms with Crippen LogP contribution in [0, 0.1) is 17.7 Å². The van der Waals surface area contributed by atoms with E-state index in [2.05, 4.69) is 5.32 Å². The highest BCUT2D eigenvalue weighted by Crippen LogP contribution is 2.36.